The summed E-state index contributed by atoms with van der Waals surface area (Å²) in [5.41, 5.74) is 0.267. The number of rotatable bonds is 11. The zero-order valence-electron chi connectivity index (χ0n) is 28.7. The van der Waals surface area contributed by atoms with Crippen molar-refractivity contribution < 1.29 is 27.1 Å². The molecule has 1 amide bonds. The van der Waals surface area contributed by atoms with Crippen LogP contribution in [0.3, 0.4) is 0 Å². The monoisotopic (exact) mass is 699 g/mol. The highest BCUT2D eigenvalue weighted by molar-refractivity contribution is 7.89. The van der Waals surface area contributed by atoms with E-state index in [0.29, 0.717) is 12.4 Å². The van der Waals surface area contributed by atoms with Gasteiger partial charge in [0, 0.05) is 56.4 Å². The van der Waals surface area contributed by atoms with Gasteiger partial charge < -0.3 is 24.2 Å². The Morgan fingerprint density at radius 3 is 2.53 bits per heavy atom. The summed E-state index contributed by atoms with van der Waals surface area (Å²) in [7, 11) is -1.94. The lowest BCUT2D eigenvalue weighted by Crippen LogP contribution is -2.61. The molecule has 1 spiro atoms. The zero-order chi connectivity index (χ0) is 34.9. The smallest absolute Gasteiger partial charge is 0.282 e. The second-order valence-corrected chi connectivity index (χ2v) is 15.8. The van der Waals surface area contributed by atoms with Crippen LogP contribution in [0.25, 0.3) is 0 Å². The SMILES string of the molecule is CC(C)N(C(=O)c1cc(F)ccc1Oc1nncnc1N1CC2(CCN(C[C@@H]3CC[C@@H](NS(=O)(=O)c4cnn(C)c4)CO3)CC2)C1)C(C)C. The summed E-state index contributed by atoms with van der Waals surface area (Å²) in [4.78, 5) is 24.4. The van der Waals surface area contributed by atoms with E-state index in [-0.39, 0.29) is 57.6 Å². The van der Waals surface area contributed by atoms with Crippen LogP contribution in [-0.2, 0) is 21.8 Å². The topological polar surface area (TPSA) is 148 Å². The molecule has 0 aliphatic carbocycles. The van der Waals surface area contributed by atoms with Crippen LogP contribution in [0.1, 0.15) is 63.7 Å². The lowest BCUT2D eigenvalue weighted by Gasteiger charge is -2.54. The van der Waals surface area contributed by atoms with E-state index in [0.717, 1.165) is 58.4 Å². The molecular weight excluding hydrogens is 653 g/mol. The van der Waals surface area contributed by atoms with Crippen molar-refractivity contribution in [1.29, 1.82) is 0 Å². The molecule has 5 heterocycles. The Morgan fingerprint density at radius 1 is 1.16 bits per heavy atom. The molecule has 6 rings (SSSR count). The number of halogens is 1. The Labute approximate surface area is 287 Å². The summed E-state index contributed by atoms with van der Waals surface area (Å²) in [5.74, 6) is 0.0646. The highest BCUT2D eigenvalue weighted by atomic mass is 32.2. The van der Waals surface area contributed by atoms with Crippen LogP contribution in [-0.4, -0.2) is 113 Å². The third-order valence-corrected chi connectivity index (χ3v) is 11.2. The molecule has 16 heteroatoms. The Hall–Kier alpha value is -3.73. The molecule has 3 aliphatic heterocycles. The number of benzene rings is 1. The normalized spacial score (nSPS) is 21.3. The van der Waals surface area contributed by atoms with E-state index in [2.05, 4.69) is 34.8 Å². The number of carbonyl (C=O) groups excluding carboxylic acids is 1. The number of amides is 1. The van der Waals surface area contributed by atoms with Gasteiger partial charge in [0.15, 0.2) is 5.82 Å². The Morgan fingerprint density at radius 2 is 1.90 bits per heavy atom. The lowest BCUT2D eigenvalue weighted by atomic mass is 9.72. The molecule has 0 saturated carbocycles. The van der Waals surface area contributed by atoms with Gasteiger partial charge in [0.1, 0.15) is 22.8 Å². The van der Waals surface area contributed by atoms with Crippen molar-refractivity contribution in [2.24, 2.45) is 12.5 Å². The molecule has 1 N–H and O–H groups in total. The summed E-state index contributed by atoms with van der Waals surface area (Å²) >= 11 is 0. The van der Waals surface area contributed by atoms with Gasteiger partial charge in [-0.2, -0.15) is 5.10 Å². The number of sulfonamides is 1. The van der Waals surface area contributed by atoms with Crippen molar-refractivity contribution in [2.45, 2.75) is 82.5 Å². The van der Waals surface area contributed by atoms with Crippen LogP contribution in [0.4, 0.5) is 10.2 Å². The summed E-state index contributed by atoms with van der Waals surface area (Å²) in [6.07, 6.45) is 7.82. The number of nitrogens with zero attached hydrogens (tertiary/aromatic N) is 8. The van der Waals surface area contributed by atoms with E-state index in [4.69, 9.17) is 9.47 Å². The average Bonchev–Trinajstić information content (AvgIpc) is 3.49. The largest absolute Gasteiger partial charge is 0.434 e. The van der Waals surface area contributed by atoms with Gasteiger partial charge in [-0.3, -0.25) is 9.48 Å². The van der Waals surface area contributed by atoms with Crippen LogP contribution in [0, 0.1) is 11.2 Å². The van der Waals surface area contributed by atoms with Gasteiger partial charge in [-0.05, 0) is 84.7 Å². The predicted octanol–water partition coefficient (Wildman–Crippen LogP) is 3.22. The second kappa shape index (κ2) is 14.2. The minimum Gasteiger partial charge on any atom is -0.434 e. The number of aromatic nitrogens is 5. The molecule has 3 saturated heterocycles. The number of hydrogen-bond acceptors (Lipinski definition) is 11. The molecule has 49 heavy (non-hydrogen) atoms. The molecule has 3 aliphatic rings. The van der Waals surface area contributed by atoms with Crippen LogP contribution in [0.15, 0.2) is 41.8 Å². The third kappa shape index (κ3) is 7.87. The van der Waals surface area contributed by atoms with Gasteiger partial charge in [0.2, 0.25) is 10.0 Å². The van der Waals surface area contributed by atoms with Gasteiger partial charge in [-0.15, -0.1) is 10.2 Å². The highest BCUT2D eigenvalue weighted by Gasteiger charge is 2.46. The number of carbonyl (C=O) groups is 1. The molecule has 266 valence electrons. The van der Waals surface area contributed by atoms with Gasteiger partial charge >= 0.3 is 0 Å². The van der Waals surface area contributed by atoms with Crippen LogP contribution in [0.2, 0.25) is 0 Å². The van der Waals surface area contributed by atoms with Gasteiger partial charge in [0.05, 0.1) is 24.5 Å². The number of anilines is 1. The number of nitrogens with one attached hydrogen (secondary N) is 1. The summed E-state index contributed by atoms with van der Waals surface area (Å²) in [5, 5.41) is 12.1. The molecule has 2 atom stereocenters. The molecule has 2 aromatic heterocycles. The zero-order valence-corrected chi connectivity index (χ0v) is 29.6. The molecule has 0 bridgehead atoms. The Bertz CT molecular complexity index is 1720. The summed E-state index contributed by atoms with van der Waals surface area (Å²) in [6.45, 7) is 12.3. The number of aryl methyl sites for hydroxylation is 1. The van der Waals surface area contributed by atoms with Crippen LogP contribution < -0.4 is 14.4 Å². The predicted molar refractivity (Wildman–Crippen MR) is 179 cm³/mol. The van der Waals surface area contributed by atoms with Crippen LogP contribution >= 0.6 is 0 Å². The van der Waals surface area contributed by atoms with Crippen molar-refractivity contribution in [2.75, 3.05) is 44.2 Å². The van der Waals surface area contributed by atoms with E-state index in [9.17, 15) is 17.6 Å². The van der Waals surface area contributed by atoms with Gasteiger partial charge in [0.25, 0.3) is 11.8 Å². The van der Waals surface area contributed by atoms with E-state index in [1.807, 2.05) is 27.7 Å². The number of ether oxygens (including phenoxy) is 2. The standard InChI is InChI=1S/C33H46FN9O5S/c1-22(2)43(23(3)4)32(44)28-14-24(34)6-9-29(28)48-31-30(35-21-36-38-31)42-19-33(20-42)10-12-41(13-11-33)16-26-8-7-25(18-47-26)39-49(45,46)27-15-37-40(5)17-27/h6,9,14-15,17,21-23,25-26,39H,7-8,10-13,16,18-20H2,1-5H3/t25-,26+/m1/s1. The van der Waals surface area contributed by atoms with Crippen molar-refractivity contribution in [3.8, 4) is 11.6 Å². The third-order valence-electron chi connectivity index (χ3n) is 9.71. The molecule has 3 fully saturated rings. The lowest BCUT2D eigenvalue weighted by molar-refractivity contribution is -0.0299. The Balaban J connectivity index is 1.01. The first kappa shape index (κ1) is 35.1. The van der Waals surface area contributed by atoms with Crippen LogP contribution in [0.5, 0.6) is 11.6 Å². The number of likely N-dealkylation sites (tertiary alicyclic amines) is 1. The van der Waals surface area contributed by atoms with Gasteiger partial charge in [-0.1, -0.05) is 0 Å². The van der Waals surface area contributed by atoms with E-state index < -0.39 is 15.8 Å². The fraction of sp³-hybridized carbons (Fsp3) is 0.606. The average molecular weight is 700 g/mol. The fourth-order valence-corrected chi connectivity index (χ4v) is 8.44. The first-order valence-electron chi connectivity index (χ1n) is 16.9. The summed E-state index contributed by atoms with van der Waals surface area (Å²) < 4.78 is 56.2. The second-order valence-electron chi connectivity index (χ2n) is 14.1. The molecule has 0 unspecified atom stereocenters. The van der Waals surface area contributed by atoms with E-state index >= 15 is 0 Å². The molecule has 14 nitrogen and oxygen atoms in total. The van der Waals surface area contributed by atoms with Gasteiger partial charge in [-0.25, -0.2) is 22.5 Å². The first-order valence-corrected chi connectivity index (χ1v) is 18.4. The maximum atomic E-state index is 14.4. The van der Waals surface area contributed by atoms with Crippen molar-refractivity contribution in [1.82, 2.24) is 39.5 Å². The molecule has 0 radical (unpaired) electrons. The summed E-state index contributed by atoms with van der Waals surface area (Å²) in [6, 6.07) is 3.48. The minimum atomic E-state index is -3.63. The molecule has 3 aromatic rings. The van der Waals surface area contributed by atoms with Crippen molar-refractivity contribution in [3.63, 3.8) is 0 Å². The fourth-order valence-electron chi connectivity index (χ4n) is 7.20. The first-order chi connectivity index (χ1) is 23.3. The maximum Gasteiger partial charge on any atom is 0.282 e. The maximum absolute atomic E-state index is 14.4. The Kier molecular flexibility index (Phi) is 10.2. The highest BCUT2D eigenvalue weighted by Crippen LogP contribution is 2.44. The number of piperidine rings is 1. The molecular formula is C33H46FN9O5S. The van der Waals surface area contributed by atoms with Crippen molar-refractivity contribution >= 4 is 21.7 Å². The molecule has 1 aromatic carbocycles. The quantitative estimate of drug-likeness (QED) is 0.315. The van der Waals surface area contributed by atoms with Crippen molar-refractivity contribution in [3.05, 3.63) is 48.3 Å². The van der Waals surface area contributed by atoms with E-state index in [1.54, 1.807) is 11.9 Å². The van der Waals surface area contributed by atoms with E-state index in [1.165, 1.54) is 41.6 Å². The minimum absolute atomic E-state index is 0.0641. The number of hydrogen-bond donors (Lipinski definition) is 1.